The molecule has 0 bridgehead atoms. The first-order valence-electron chi connectivity index (χ1n) is 7.67. The van der Waals surface area contributed by atoms with Crippen molar-refractivity contribution in [3.63, 3.8) is 0 Å². The van der Waals surface area contributed by atoms with E-state index in [9.17, 15) is 23.1 Å². The standard InChI is InChI=1S/C17H14N4O5S.Na/c1-18-15-8-6-11-4-2-3-5-13(11)17(15)20-19-14-9-7-12(21(22)23)10-16(14)27(24,25)26;/h2-10,18H,1H3,(H,24,25,26);/q;+1/p-1. The maximum absolute atomic E-state index is 11.5. The zero-order valence-corrected chi connectivity index (χ0v) is 17.8. The topological polar surface area (TPSA) is 137 Å². The normalized spacial score (nSPS) is 11.4. The van der Waals surface area contributed by atoms with Crippen LogP contribution in [0.4, 0.5) is 22.7 Å². The van der Waals surface area contributed by atoms with Crippen LogP contribution in [0.15, 0.2) is 69.7 Å². The molecule has 3 rings (SSSR count). The van der Waals surface area contributed by atoms with E-state index in [1.165, 1.54) is 0 Å². The summed E-state index contributed by atoms with van der Waals surface area (Å²) in [4.78, 5) is 9.26. The molecule has 0 unspecified atom stereocenters. The van der Waals surface area contributed by atoms with Gasteiger partial charge < -0.3 is 9.87 Å². The molecular formula is C17H13N4NaO5S. The monoisotopic (exact) mass is 408 g/mol. The van der Waals surface area contributed by atoms with Gasteiger partial charge in [-0.25, -0.2) is 8.42 Å². The first-order valence-corrected chi connectivity index (χ1v) is 9.07. The first kappa shape index (κ1) is 21.9. The summed E-state index contributed by atoms with van der Waals surface area (Å²) >= 11 is 0. The van der Waals surface area contributed by atoms with E-state index in [1.807, 2.05) is 30.3 Å². The van der Waals surface area contributed by atoms with Crippen LogP contribution in [0, 0.1) is 10.1 Å². The van der Waals surface area contributed by atoms with Gasteiger partial charge in [0.05, 0.1) is 15.5 Å². The number of anilines is 1. The minimum absolute atomic E-state index is 0. The van der Waals surface area contributed by atoms with Crippen LogP contribution in [0.25, 0.3) is 10.8 Å². The second-order valence-electron chi connectivity index (χ2n) is 5.50. The van der Waals surface area contributed by atoms with Gasteiger partial charge in [-0.15, -0.1) is 10.2 Å². The van der Waals surface area contributed by atoms with Gasteiger partial charge in [0.2, 0.25) is 0 Å². The van der Waals surface area contributed by atoms with Crippen LogP contribution in [-0.2, 0) is 10.1 Å². The van der Waals surface area contributed by atoms with E-state index in [-0.39, 0.29) is 35.2 Å². The number of nitrogens with one attached hydrogen (secondary N) is 1. The van der Waals surface area contributed by atoms with Gasteiger partial charge in [-0.2, -0.15) is 0 Å². The minimum Gasteiger partial charge on any atom is -0.744 e. The Kier molecular flexibility index (Phi) is 6.86. The molecule has 3 aromatic rings. The molecule has 9 nitrogen and oxygen atoms in total. The Morgan fingerprint density at radius 3 is 2.39 bits per heavy atom. The first-order chi connectivity index (χ1) is 12.8. The van der Waals surface area contributed by atoms with Gasteiger partial charge in [0, 0.05) is 24.6 Å². The third-order valence-corrected chi connectivity index (χ3v) is 4.72. The third-order valence-electron chi connectivity index (χ3n) is 3.85. The number of nitro benzene ring substituents is 1. The molecule has 0 aliphatic rings. The summed E-state index contributed by atoms with van der Waals surface area (Å²) in [5.41, 5.74) is 0.295. The van der Waals surface area contributed by atoms with Gasteiger partial charge in [-0.1, -0.05) is 30.3 Å². The van der Waals surface area contributed by atoms with Crippen LogP contribution in [0.1, 0.15) is 0 Å². The number of rotatable bonds is 5. The molecule has 0 aliphatic heterocycles. The summed E-state index contributed by atoms with van der Waals surface area (Å²) in [5.74, 6) is 0. The van der Waals surface area contributed by atoms with Crippen LogP contribution in [-0.4, -0.2) is 24.9 Å². The summed E-state index contributed by atoms with van der Waals surface area (Å²) in [7, 11) is -3.28. The van der Waals surface area contributed by atoms with E-state index in [4.69, 9.17) is 0 Å². The minimum atomic E-state index is -4.98. The fraction of sp³-hybridized carbons (Fsp3) is 0.0588. The summed E-state index contributed by atoms with van der Waals surface area (Å²) in [6, 6.07) is 13.9. The number of hydrogen-bond donors (Lipinski definition) is 1. The van der Waals surface area contributed by atoms with Gasteiger partial charge in [0.25, 0.3) is 5.69 Å². The fourth-order valence-corrected chi connectivity index (χ4v) is 3.20. The van der Waals surface area contributed by atoms with E-state index in [0.717, 1.165) is 22.9 Å². The Balaban J connectivity index is 0.00000280. The largest absolute Gasteiger partial charge is 1.00 e. The Morgan fingerprint density at radius 2 is 1.75 bits per heavy atom. The molecule has 0 fully saturated rings. The van der Waals surface area contributed by atoms with Gasteiger partial charge >= 0.3 is 29.6 Å². The van der Waals surface area contributed by atoms with Crippen molar-refractivity contribution in [2.75, 3.05) is 12.4 Å². The number of benzene rings is 3. The molecule has 3 aromatic carbocycles. The molecule has 0 saturated carbocycles. The van der Waals surface area contributed by atoms with Gasteiger partial charge in [0.15, 0.2) is 0 Å². The Hall–Kier alpha value is -2.37. The quantitative estimate of drug-likeness (QED) is 0.221. The van der Waals surface area contributed by atoms with Gasteiger partial charge in [0.1, 0.15) is 21.5 Å². The molecule has 0 saturated heterocycles. The predicted molar refractivity (Wildman–Crippen MR) is 98.7 cm³/mol. The summed E-state index contributed by atoms with van der Waals surface area (Å²) in [6.45, 7) is 0. The molecule has 0 amide bonds. The van der Waals surface area contributed by atoms with Crippen molar-refractivity contribution in [1.29, 1.82) is 0 Å². The smallest absolute Gasteiger partial charge is 0.744 e. The summed E-state index contributed by atoms with van der Waals surface area (Å²) < 4.78 is 34.4. The van der Waals surface area contributed by atoms with Crippen LogP contribution in [0.2, 0.25) is 0 Å². The van der Waals surface area contributed by atoms with Crippen molar-refractivity contribution in [2.24, 2.45) is 10.2 Å². The number of fused-ring (bicyclic) bond motifs is 1. The average Bonchev–Trinajstić information content (AvgIpc) is 2.65. The van der Waals surface area contributed by atoms with Crippen molar-refractivity contribution >= 4 is 43.6 Å². The predicted octanol–water partition coefficient (Wildman–Crippen LogP) is 1.11. The fourth-order valence-electron chi connectivity index (χ4n) is 2.57. The molecule has 0 atom stereocenters. The molecule has 0 aliphatic carbocycles. The van der Waals surface area contributed by atoms with Crippen LogP contribution in [0.5, 0.6) is 0 Å². The van der Waals surface area contributed by atoms with E-state index in [0.29, 0.717) is 17.4 Å². The Bertz CT molecular complexity index is 1180. The van der Waals surface area contributed by atoms with Crippen molar-refractivity contribution < 1.29 is 47.5 Å². The zero-order chi connectivity index (χ0) is 19.6. The van der Waals surface area contributed by atoms with Gasteiger partial charge in [-0.3, -0.25) is 10.1 Å². The Labute approximate surface area is 182 Å². The molecule has 0 aromatic heterocycles. The van der Waals surface area contributed by atoms with Crippen molar-refractivity contribution in [1.82, 2.24) is 0 Å². The van der Waals surface area contributed by atoms with Crippen molar-refractivity contribution in [3.05, 3.63) is 64.7 Å². The van der Waals surface area contributed by atoms with Gasteiger partial charge in [-0.05, 0) is 17.5 Å². The molecule has 0 radical (unpaired) electrons. The maximum atomic E-state index is 11.5. The molecule has 28 heavy (non-hydrogen) atoms. The number of nitro groups is 1. The van der Waals surface area contributed by atoms with E-state index in [1.54, 1.807) is 13.1 Å². The summed E-state index contributed by atoms with van der Waals surface area (Å²) in [6.07, 6.45) is 0. The number of hydrogen-bond acceptors (Lipinski definition) is 8. The maximum Gasteiger partial charge on any atom is 1.00 e. The van der Waals surface area contributed by atoms with Crippen LogP contribution in [0.3, 0.4) is 0 Å². The molecule has 138 valence electrons. The Morgan fingerprint density at radius 1 is 1.04 bits per heavy atom. The number of azo groups is 1. The molecule has 0 heterocycles. The van der Waals surface area contributed by atoms with Crippen LogP contribution >= 0.6 is 0 Å². The van der Waals surface area contributed by atoms with Crippen molar-refractivity contribution in [3.8, 4) is 0 Å². The molecule has 11 heteroatoms. The molecule has 1 N–H and O–H groups in total. The molecular weight excluding hydrogens is 395 g/mol. The second-order valence-corrected chi connectivity index (χ2v) is 6.84. The van der Waals surface area contributed by atoms with Crippen LogP contribution < -0.4 is 34.9 Å². The number of non-ortho nitro benzene ring substituents is 1. The number of nitrogens with zero attached hydrogens (tertiary/aromatic N) is 3. The molecule has 0 spiro atoms. The zero-order valence-electron chi connectivity index (χ0n) is 15.0. The average molecular weight is 408 g/mol. The van der Waals surface area contributed by atoms with E-state index < -0.39 is 25.6 Å². The second kappa shape index (κ2) is 8.76. The van der Waals surface area contributed by atoms with E-state index in [2.05, 4.69) is 15.5 Å². The summed E-state index contributed by atoms with van der Waals surface area (Å²) in [5, 5.41) is 23.5. The van der Waals surface area contributed by atoms with E-state index >= 15 is 0 Å². The SMILES string of the molecule is CNc1ccc2ccccc2c1N=Nc1ccc([N+](=O)[O-])cc1S(=O)(=O)[O-].[Na+]. The van der Waals surface area contributed by atoms with Crippen molar-refractivity contribution in [2.45, 2.75) is 4.90 Å². The third kappa shape index (κ3) is 4.54.